The maximum atomic E-state index is 10.0. The Morgan fingerprint density at radius 2 is 2.12 bits per heavy atom. The molecule has 16 heavy (non-hydrogen) atoms. The van der Waals surface area contributed by atoms with Gasteiger partial charge in [-0.1, -0.05) is 32.6 Å². The lowest BCUT2D eigenvalue weighted by Gasteiger charge is -2.01. The molecule has 0 saturated carbocycles. The van der Waals surface area contributed by atoms with Gasteiger partial charge in [-0.15, -0.1) is 0 Å². The first kappa shape index (κ1) is 15.1. The van der Waals surface area contributed by atoms with E-state index in [0.29, 0.717) is 6.42 Å². The Kier molecular flexibility index (Phi) is 11.5. The van der Waals surface area contributed by atoms with Crippen molar-refractivity contribution in [1.82, 2.24) is 5.32 Å². The topological polar surface area (TPSA) is 61.7 Å². The van der Waals surface area contributed by atoms with Crippen LogP contribution >= 0.6 is 0 Å². The van der Waals surface area contributed by atoms with Crippen LogP contribution in [0.4, 0.5) is 0 Å². The van der Waals surface area contributed by atoms with Crippen LogP contribution in [0.1, 0.15) is 51.9 Å². The maximum absolute atomic E-state index is 10.0. The molecule has 0 aliphatic carbocycles. The summed E-state index contributed by atoms with van der Waals surface area (Å²) in [4.78, 5) is 14.0. The molecule has 1 heterocycles. The largest absolute Gasteiger partial charge is 0.481 e. The molecule has 4 heteroatoms. The van der Waals surface area contributed by atoms with Crippen molar-refractivity contribution in [1.29, 1.82) is 0 Å². The summed E-state index contributed by atoms with van der Waals surface area (Å²) in [5, 5.41) is 11.4. The first-order valence-electron chi connectivity index (χ1n) is 6.18. The maximum Gasteiger partial charge on any atom is 0.303 e. The summed E-state index contributed by atoms with van der Waals surface area (Å²) < 4.78 is 0. The highest BCUT2D eigenvalue weighted by Gasteiger charge is 1.94. The number of hydrogen-bond donors (Lipinski definition) is 2. The van der Waals surface area contributed by atoms with E-state index in [2.05, 4.69) is 17.2 Å². The van der Waals surface area contributed by atoms with Gasteiger partial charge in [0.2, 0.25) is 0 Å². The fraction of sp³-hybridized carbons (Fsp3) is 0.833. The summed E-state index contributed by atoms with van der Waals surface area (Å²) in [5.41, 5.74) is 0. The predicted octanol–water partition coefficient (Wildman–Crippen LogP) is 2.44. The molecule has 0 aromatic heterocycles. The molecule has 0 aromatic rings. The zero-order valence-electron chi connectivity index (χ0n) is 10.2. The molecule has 1 aliphatic heterocycles. The highest BCUT2D eigenvalue weighted by atomic mass is 16.4. The van der Waals surface area contributed by atoms with Crippen molar-refractivity contribution in [3.05, 3.63) is 0 Å². The van der Waals surface area contributed by atoms with Gasteiger partial charge in [-0.05, 0) is 12.8 Å². The van der Waals surface area contributed by atoms with E-state index in [1.54, 1.807) is 0 Å². The fourth-order valence-corrected chi connectivity index (χ4v) is 1.35. The third kappa shape index (κ3) is 13.1. The number of rotatable bonds is 6. The van der Waals surface area contributed by atoms with Gasteiger partial charge in [-0.25, -0.2) is 0 Å². The first-order chi connectivity index (χ1) is 7.77. The van der Waals surface area contributed by atoms with Crippen LogP contribution in [0.2, 0.25) is 0 Å². The second kappa shape index (κ2) is 12.2. The van der Waals surface area contributed by atoms with E-state index in [1.165, 1.54) is 19.3 Å². The number of hydrogen-bond acceptors (Lipinski definition) is 3. The smallest absolute Gasteiger partial charge is 0.303 e. The Morgan fingerprint density at radius 1 is 1.38 bits per heavy atom. The average molecular weight is 228 g/mol. The van der Waals surface area contributed by atoms with Crippen molar-refractivity contribution < 1.29 is 9.90 Å². The molecule has 1 aliphatic rings. The molecular weight excluding hydrogens is 204 g/mol. The van der Waals surface area contributed by atoms with Gasteiger partial charge < -0.3 is 5.11 Å². The minimum absolute atomic E-state index is 0.337. The summed E-state index contributed by atoms with van der Waals surface area (Å²) in [6.07, 6.45) is 8.94. The molecule has 0 atom stereocenters. The second-order valence-corrected chi connectivity index (χ2v) is 3.87. The summed E-state index contributed by atoms with van der Waals surface area (Å²) in [6.45, 7) is 4.07. The molecular formula is C12H24N2O2. The Balaban J connectivity index is 0.000000315. The van der Waals surface area contributed by atoms with E-state index in [9.17, 15) is 4.79 Å². The highest BCUT2D eigenvalue weighted by Crippen LogP contribution is 2.04. The molecule has 1 rings (SSSR count). The molecule has 0 unspecified atom stereocenters. The van der Waals surface area contributed by atoms with Crippen molar-refractivity contribution in [2.75, 3.05) is 13.2 Å². The normalized spacial score (nSPS) is 14.1. The lowest BCUT2D eigenvalue weighted by atomic mass is 10.1. The number of carboxylic acids is 1. The van der Waals surface area contributed by atoms with Gasteiger partial charge in [0, 0.05) is 19.2 Å². The van der Waals surface area contributed by atoms with Crippen LogP contribution in [0.5, 0.6) is 0 Å². The van der Waals surface area contributed by atoms with Crippen LogP contribution in [-0.4, -0.2) is 30.5 Å². The fourth-order valence-electron chi connectivity index (χ4n) is 1.35. The minimum atomic E-state index is -0.670. The molecule has 2 N–H and O–H groups in total. The number of carbonyl (C=O) groups is 1. The summed E-state index contributed by atoms with van der Waals surface area (Å²) in [6, 6.07) is 0. The number of carboxylic acid groups (broad SMARTS) is 1. The van der Waals surface area contributed by atoms with Gasteiger partial charge in [-0.2, -0.15) is 0 Å². The van der Waals surface area contributed by atoms with E-state index in [1.807, 2.05) is 6.21 Å². The number of unbranched alkanes of at least 4 members (excludes halogenated alkanes) is 4. The van der Waals surface area contributed by atoms with Crippen LogP contribution in [0.3, 0.4) is 0 Å². The van der Waals surface area contributed by atoms with Gasteiger partial charge in [0.15, 0.2) is 0 Å². The molecule has 0 aromatic carbocycles. The predicted molar refractivity (Wildman–Crippen MR) is 67.0 cm³/mol. The third-order valence-electron chi connectivity index (χ3n) is 2.28. The van der Waals surface area contributed by atoms with E-state index in [-0.39, 0.29) is 0 Å². The highest BCUT2D eigenvalue weighted by molar-refractivity contribution is 5.66. The monoisotopic (exact) mass is 228 g/mol. The van der Waals surface area contributed by atoms with Crippen molar-refractivity contribution in [2.24, 2.45) is 4.99 Å². The Morgan fingerprint density at radius 3 is 2.50 bits per heavy atom. The number of aliphatic imine (C=N–C) groups is 1. The summed E-state index contributed by atoms with van der Waals surface area (Å²) >= 11 is 0. The van der Waals surface area contributed by atoms with E-state index in [0.717, 1.165) is 32.5 Å². The van der Waals surface area contributed by atoms with Crippen LogP contribution < -0.4 is 5.32 Å². The minimum Gasteiger partial charge on any atom is -0.481 e. The standard InChI is InChI=1S/C8H16O2.C4H8N2/c1-2-3-4-5-6-7-8(9)10;1-2-5-4-6-3-1/h2-7H2,1H3,(H,9,10);2,6H,1,3-4H2. The van der Waals surface area contributed by atoms with Gasteiger partial charge in [-0.3, -0.25) is 15.1 Å². The molecule has 0 amide bonds. The SMILES string of the molecule is C1=NCNCC1.CCCCCCCC(=O)O. The van der Waals surface area contributed by atoms with Crippen LogP contribution in [0.25, 0.3) is 0 Å². The van der Waals surface area contributed by atoms with Crippen LogP contribution in [-0.2, 0) is 4.79 Å². The van der Waals surface area contributed by atoms with E-state index >= 15 is 0 Å². The Bertz CT molecular complexity index is 185. The van der Waals surface area contributed by atoms with Crippen molar-refractivity contribution in [3.8, 4) is 0 Å². The van der Waals surface area contributed by atoms with Crippen molar-refractivity contribution in [2.45, 2.75) is 51.9 Å². The summed E-state index contributed by atoms with van der Waals surface area (Å²) in [7, 11) is 0. The molecule has 0 saturated heterocycles. The van der Waals surface area contributed by atoms with Crippen molar-refractivity contribution >= 4 is 12.2 Å². The second-order valence-electron chi connectivity index (χ2n) is 3.87. The third-order valence-corrected chi connectivity index (χ3v) is 2.28. The first-order valence-corrected chi connectivity index (χ1v) is 6.18. The lowest BCUT2D eigenvalue weighted by molar-refractivity contribution is -0.137. The molecule has 0 spiro atoms. The zero-order chi connectivity index (χ0) is 12.1. The van der Waals surface area contributed by atoms with E-state index < -0.39 is 5.97 Å². The Labute approximate surface area is 98.2 Å². The molecule has 0 bridgehead atoms. The quantitative estimate of drug-likeness (QED) is 0.686. The number of nitrogens with zero attached hydrogens (tertiary/aromatic N) is 1. The molecule has 4 nitrogen and oxygen atoms in total. The van der Waals surface area contributed by atoms with E-state index in [4.69, 9.17) is 5.11 Å². The molecule has 0 radical (unpaired) electrons. The molecule has 0 fully saturated rings. The van der Waals surface area contributed by atoms with Gasteiger partial charge >= 0.3 is 5.97 Å². The number of aliphatic carboxylic acids is 1. The van der Waals surface area contributed by atoms with Crippen LogP contribution in [0.15, 0.2) is 4.99 Å². The molecule has 94 valence electrons. The lowest BCUT2D eigenvalue weighted by Crippen LogP contribution is -2.19. The zero-order valence-corrected chi connectivity index (χ0v) is 10.2. The van der Waals surface area contributed by atoms with Crippen molar-refractivity contribution in [3.63, 3.8) is 0 Å². The number of nitrogens with one attached hydrogen (secondary N) is 1. The van der Waals surface area contributed by atoms with Crippen LogP contribution in [0, 0.1) is 0 Å². The van der Waals surface area contributed by atoms with Gasteiger partial charge in [0.1, 0.15) is 0 Å². The summed E-state index contributed by atoms with van der Waals surface area (Å²) in [5.74, 6) is -0.670. The van der Waals surface area contributed by atoms with Gasteiger partial charge in [0.25, 0.3) is 0 Å². The Hall–Kier alpha value is -0.900. The average Bonchev–Trinajstić information content (AvgIpc) is 2.31. The van der Waals surface area contributed by atoms with Gasteiger partial charge in [0.05, 0.1) is 6.67 Å².